The van der Waals surface area contributed by atoms with Gasteiger partial charge in [-0.05, 0) is 66.9 Å². The summed E-state index contributed by atoms with van der Waals surface area (Å²) in [6, 6.07) is 7.89. The van der Waals surface area contributed by atoms with Crippen LogP contribution in [-0.4, -0.2) is 5.91 Å². The van der Waals surface area contributed by atoms with Gasteiger partial charge in [0.25, 0.3) is 5.91 Å². The predicted octanol–water partition coefficient (Wildman–Crippen LogP) is 4.93. The zero-order valence-corrected chi connectivity index (χ0v) is 14.5. The fourth-order valence-corrected chi connectivity index (χ4v) is 3.72. The van der Waals surface area contributed by atoms with Crippen LogP contribution in [0.2, 0.25) is 0 Å². The molecule has 2 aromatic rings. The van der Waals surface area contributed by atoms with Crippen molar-refractivity contribution in [1.29, 1.82) is 0 Å². The van der Waals surface area contributed by atoms with Gasteiger partial charge in [-0.1, -0.05) is 12.1 Å². The van der Waals surface area contributed by atoms with Crippen LogP contribution in [-0.2, 0) is 0 Å². The third kappa shape index (κ3) is 3.13. The lowest BCUT2D eigenvalue weighted by Crippen LogP contribution is -2.27. The lowest BCUT2D eigenvalue weighted by Gasteiger charge is -2.15. The Labute approximate surface area is 132 Å². The normalized spacial score (nSPS) is 12.2. The third-order valence-electron chi connectivity index (χ3n) is 3.33. The molecule has 1 N–H and O–H groups in total. The summed E-state index contributed by atoms with van der Waals surface area (Å²) in [6.07, 6.45) is 0. The Hall–Kier alpha value is -1.13. The molecule has 0 bridgehead atoms. The molecule has 106 valence electrons. The molecule has 1 amide bonds. The Balaban J connectivity index is 2.19. The Bertz CT molecular complexity index is 648. The molecule has 0 aliphatic carbocycles. The summed E-state index contributed by atoms with van der Waals surface area (Å²) < 4.78 is 0.864. The van der Waals surface area contributed by atoms with Crippen LogP contribution in [0.15, 0.2) is 28.7 Å². The number of carbonyl (C=O) groups excluding carboxylic acids is 1. The lowest BCUT2D eigenvalue weighted by molar-refractivity contribution is 0.0939. The molecule has 0 fully saturated rings. The molecule has 1 aromatic heterocycles. The van der Waals surface area contributed by atoms with Crippen LogP contribution in [0.3, 0.4) is 0 Å². The standard InChI is InChI=1S/C16H18BrNOS/c1-9-6-5-7-13(15(9)17)16(19)18-11(3)14-8-10(2)20-12(14)4/h5-8,11H,1-4H3,(H,18,19). The van der Waals surface area contributed by atoms with E-state index < -0.39 is 0 Å². The van der Waals surface area contributed by atoms with Crippen molar-refractivity contribution >= 4 is 33.2 Å². The topological polar surface area (TPSA) is 29.1 Å². The van der Waals surface area contributed by atoms with Crippen LogP contribution in [0.1, 0.15) is 44.2 Å². The average molecular weight is 352 g/mol. The number of hydrogen-bond acceptors (Lipinski definition) is 2. The highest BCUT2D eigenvalue weighted by atomic mass is 79.9. The van der Waals surface area contributed by atoms with E-state index in [1.54, 1.807) is 11.3 Å². The van der Waals surface area contributed by atoms with E-state index in [-0.39, 0.29) is 11.9 Å². The second kappa shape index (κ2) is 6.10. The van der Waals surface area contributed by atoms with Gasteiger partial charge in [0.05, 0.1) is 11.6 Å². The van der Waals surface area contributed by atoms with Crippen LogP contribution < -0.4 is 5.32 Å². The summed E-state index contributed by atoms with van der Waals surface area (Å²) in [5.41, 5.74) is 2.94. The maximum absolute atomic E-state index is 12.4. The summed E-state index contributed by atoms with van der Waals surface area (Å²) in [5, 5.41) is 3.07. The summed E-state index contributed by atoms with van der Waals surface area (Å²) >= 11 is 5.25. The zero-order chi connectivity index (χ0) is 14.9. The molecular formula is C16H18BrNOS. The van der Waals surface area contributed by atoms with E-state index in [2.05, 4.69) is 41.2 Å². The monoisotopic (exact) mass is 351 g/mol. The molecule has 0 spiro atoms. The molecule has 0 radical (unpaired) electrons. The molecule has 0 saturated heterocycles. The first-order chi connectivity index (χ1) is 9.40. The van der Waals surface area contributed by atoms with E-state index in [1.165, 1.54) is 15.3 Å². The molecule has 0 saturated carbocycles. The molecule has 1 atom stereocenters. The minimum Gasteiger partial charge on any atom is -0.345 e. The van der Waals surface area contributed by atoms with Crippen molar-refractivity contribution in [3.8, 4) is 0 Å². The highest BCUT2D eigenvalue weighted by molar-refractivity contribution is 9.10. The largest absolute Gasteiger partial charge is 0.345 e. The van der Waals surface area contributed by atoms with Crippen molar-refractivity contribution in [2.24, 2.45) is 0 Å². The number of thiophene rings is 1. The SMILES string of the molecule is Cc1cc(C(C)NC(=O)c2cccc(C)c2Br)c(C)s1. The van der Waals surface area contributed by atoms with Gasteiger partial charge in [-0.2, -0.15) is 0 Å². The van der Waals surface area contributed by atoms with Crippen molar-refractivity contribution in [2.45, 2.75) is 33.7 Å². The predicted molar refractivity (Wildman–Crippen MR) is 88.6 cm³/mol. The minimum atomic E-state index is -0.0451. The van der Waals surface area contributed by atoms with Crippen molar-refractivity contribution in [1.82, 2.24) is 5.32 Å². The molecule has 4 heteroatoms. The summed E-state index contributed by atoms with van der Waals surface area (Å²) in [4.78, 5) is 14.9. The molecule has 20 heavy (non-hydrogen) atoms. The minimum absolute atomic E-state index is 0.0138. The number of aryl methyl sites for hydroxylation is 3. The van der Waals surface area contributed by atoms with Crippen molar-refractivity contribution in [2.75, 3.05) is 0 Å². The number of amides is 1. The molecule has 0 aliphatic rings. The van der Waals surface area contributed by atoms with E-state index in [9.17, 15) is 4.79 Å². The molecule has 1 heterocycles. The quantitative estimate of drug-likeness (QED) is 0.834. The summed E-state index contributed by atoms with van der Waals surface area (Å²) in [5.74, 6) is -0.0451. The van der Waals surface area contributed by atoms with Crippen LogP contribution in [0.4, 0.5) is 0 Å². The number of hydrogen-bond donors (Lipinski definition) is 1. The van der Waals surface area contributed by atoms with E-state index >= 15 is 0 Å². The molecule has 1 aromatic carbocycles. The van der Waals surface area contributed by atoms with E-state index in [4.69, 9.17) is 0 Å². The first-order valence-corrected chi connectivity index (χ1v) is 8.14. The number of carbonyl (C=O) groups is 1. The lowest BCUT2D eigenvalue weighted by atomic mass is 10.1. The molecular weight excluding hydrogens is 334 g/mol. The van der Waals surface area contributed by atoms with Crippen molar-refractivity contribution in [3.05, 3.63) is 55.2 Å². The second-order valence-corrected chi connectivity index (χ2v) is 7.25. The molecule has 1 unspecified atom stereocenters. The molecule has 2 rings (SSSR count). The van der Waals surface area contributed by atoms with Crippen molar-refractivity contribution < 1.29 is 4.79 Å². The van der Waals surface area contributed by atoms with Crippen LogP contribution in [0.5, 0.6) is 0 Å². The molecule has 2 nitrogen and oxygen atoms in total. The molecule has 0 aliphatic heterocycles. The van der Waals surface area contributed by atoms with E-state index in [0.717, 1.165) is 10.0 Å². The van der Waals surface area contributed by atoms with E-state index in [0.29, 0.717) is 5.56 Å². The Morgan fingerprint density at radius 2 is 2.00 bits per heavy atom. The second-order valence-electron chi connectivity index (χ2n) is 5.00. The fourth-order valence-electron chi connectivity index (χ4n) is 2.26. The van der Waals surface area contributed by atoms with Gasteiger partial charge in [0.15, 0.2) is 0 Å². The van der Waals surface area contributed by atoms with Gasteiger partial charge in [0.2, 0.25) is 0 Å². The number of rotatable bonds is 3. The van der Waals surface area contributed by atoms with Gasteiger partial charge in [-0.15, -0.1) is 11.3 Å². The zero-order valence-electron chi connectivity index (χ0n) is 12.1. The van der Waals surface area contributed by atoms with Gasteiger partial charge in [0, 0.05) is 14.2 Å². The Morgan fingerprint density at radius 1 is 1.30 bits per heavy atom. The van der Waals surface area contributed by atoms with Gasteiger partial charge in [-0.25, -0.2) is 0 Å². The van der Waals surface area contributed by atoms with Gasteiger partial charge >= 0.3 is 0 Å². The summed E-state index contributed by atoms with van der Waals surface area (Å²) in [6.45, 7) is 8.19. The smallest absolute Gasteiger partial charge is 0.252 e. The average Bonchev–Trinajstić information content (AvgIpc) is 2.71. The number of benzene rings is 1. The first-order valence-electron chi connectivity index (χ1n) is 6.53. The van der Waals surface area contributed by atoms with Crippen LogP contribution in [0, 0.1) is 20.8 Å². The highest BCUT2D eigenvalue weighted by Crippen LogP contribution is 2.27. The maximum Gasteiger partial charge on any atom is 0.252 e. The van der Waals surface area contributed by atoms with Gasteiger partial charge in [0.1, 0.15) is 0 Å². The Kier molecular flexibility index (Phi) is 4.66. The highest BCUT2D eigenvalue weighted by Gasteiger charge is 2.17. The fraction of sp³-hybridized carbons (Fsp3) is 0.312. The van der Waals surface area contributed by atoms with Crippen LogP contribution >= 0.6 is 27.3 Å². The van der Waals surface area contributed by atoms with E-state index in [1.807, 2.05) is 32.0 Å². The number of halogens is 1. The van der Waals surface area contributed by atoms with Crippen molar-refractivity contribution in [3.63, 3.8) is 0 Å². The summed E-state index contributed by atoms with van der Waals surface area (Å²) in [7, 11) is 0. The third-order valence-corrected chi connectivity index (χ3v) is 5.36. The van der Waals surface area contributed by atoms with Gasteiger partial charge in [-0.3, -0.25) is 4.79 Å². The first kappa shape index (κ1) is 15.3. The number of nitrogens with one attached hydrogen (secondary N) is 1. The Morgan fingerprint density at radius 3 is 2.60 bits per heavy atom. The maximum atomic E-state index is 12.4. The van der Waals surface area contributed by atoms with Crippen LogP contribution in [0.25, 0.3) is 0 Å². The van der Waals surface area contributed by atoms with Gasteiger partial charge < -0.3 is 5.32 Å².